The minimum Gasteiger partial charge on any atom is -0.305 e. The topological polar surface area (TPSA) is 35.5 Å². The summed E-state index contributed by atoms with van der Waals surface area (Å²) in [5.41, 5.74) is 1.09. The van der Waals surface area contributed by atoms with Crippen molar-refractivity contribution in [2.75, 3.05) is 13.2 Å². The summed E-state index contributed by atoms with van der Waals surface area (Å²) in [6.45, 7) is 6.29. The second-order valence-corrected chi connectivity index (χ2v) is 6.14. The maximum Gasteiger partial charge on any atom is 0.362 e. The molecule has 0 N–H and O–H groups in total. The van der Waals surface area contributed by atoms with Crippen molar-refractivity contribution in [2.45, 2.75) is 20.8 Å². The maximum absolute atomic E-state index is 12.5. The van der Waals surface area contributed by atoms with E-state index >= 15 is 0 Å². The first kappa shape index (κ1) is 13.9. The predicted octanol–water partition coefficient (Wildman–Crippen LogP) is 3.65. The van der Waals surface area contributed by atoms with Crippen LogP contribution in [0.5, 0.6) is 0 Å². The standard InChI is InChI=1S/C11H16BrO3P/c1-4-14-16(13,15-5-2)11-7-6-9(3)8-10(11)12/h6-8H,4-5H2,1-3H3. The largest absolute Gasteiger partial charge is 0.362 e. The van der Waals surface area contributed by atoms with E-state index in [4.69, 9.17) is 9.05 Å². The van der Waals surface area contributed by atoms with Gasteiger partial charge in [-0.3, -0.25) is 4.57 Å². The van der Waals surface area contributed by atoms with Gasteiger partial charge in [0.2, 0.25) is 0 Å². The van der Waals surface area contributed by atoms with E-state index in [0.717, 1.165) is 10.0 Å². The molecule has 90 valence electrons. The van der Waals surface area contributed by atoms with Gasteiger partial charge in [-0.1, -0.05) is 6.07 Å². The summed E-state index contributed by atoms with van der Waals surface area (Å²) >= 11 is 3.39. The Balaban J connectivity index is 3.15. The van der Waals surface area contributed by atoms with E-state index < -0.39 is 7.60 Å². The number of rotatable bonds is 5. The van der Waals surface area contributed by atoms with Crippen molar-refractivity contribution >= 4 is 28.8 Å². The summed E-state index contributed by atoms with van der Waals surface area (Å²) in [4.78, 5) is 0. The average molecular weight is 307 g/mol. The molecule has 1 aromatic carbocycles. The molecule has 0 aliphatic heterocycles. The molecule has 0 aliphatic carbocycles. The molecule has 5 heteroatoms. The minimum absolute atomic E-state index is 0.359. The molecule has 16 heavy (non-hydrogen) atoms. The van der Waals surface area contributed by atoms with Crippen LogP contribution in [0.2, 0.25) is 0 Å². The fourth-order valence-corrected chi connectivity index (χ4v) is 4.11. The van der Waals surface area contributed by atoms with Gasteiger partial charge in [0, 0.05) is 4.47 Å². The molecule has 0 radical (unpaired) electrons. The lowest BCUT2D eigenvalue weighted by Gasteiger charge is -2.18. The Kier molecular flexibility index (Phi) is 5.19. The second-order valence-electron chi connectivity index (χ2n) is 3.29. The molecular weight excluding hydrogens is 291 g/mol. The van der Waals surface area contributed by atoms with E-state index in [2.05, 4.69) is 15.9 Å². The quantitative estimate of drug-likeness (QED) is 0.779. The Labute approximate surface area is 105 Å². The number of hydrogen-bond acceptors (Lipinski definition) is 3. The van der Waals surface area contributed by atoms with Crippen LogP contribution in [0.4, 0.5) is 0 Å². The molecule has 1 aromatic rings. The van der Waals surface area contributed by atoms with Crippen LogP contribution in [0, 0.1) is 6.92 Å². The third-order valence-corrected chi connectivity index (χ3v) is 5.14. The van der Waals surface area contributed by atoms with Gasteiger partial charge in [-0.25, -0.2) is 0 Å². The van der Waals surface area contributed by atoms with Crippen LogP contribution >= 0.6 is 23.5 Å². The molecule has 0 aliphatic rings. The Bertz CT molecular complexity index is 396. The molecular formula is C11H16BrO3P. The van der Waals surface area contributed by atoms with E-state index in [1.54, 1.807) is 19.9 Å². The van der Waals surface area contributed by atoms with Gasteiger partial charge in [0.25, 0.3) is 0 Å². The fourth-order valence-electron chi connectivity index (χ4n) is 1.35. The third kappa shape index (κ3) is 3.17. The van der Waals surface area contributed by atoms with Gasteiger partial charge in [-0.2, -0.15) is 0 Å². The molecule has 0 fully saturated rings. The number of halogens is 1. The maximum atomic E-state index is 12.5. The Morgan fingerprint density at radius 1 is 1.25 bits per heavy atom. The van der Waals surface area contributed by atoms with Crippen molar-refractivity contribution < 1.29 is 13.6 Å². The molecule has 1 rings (SSSR count). The molecule has 0 bridgehead atoms. The van der Waals surface area contributed by atoms with E-state index in [1.165, 1.54) is 0 Å². The highest BCUT2D eigenvalue weighted by Gasteiger charge is 2.28. The molecule has 0 spiro atoms. The monoisotopic (exact) mass is 306 g/mol. The first-order chi connectivity index (χ1) is 7.53. The van der Waals surface area contributed by atoms with E-state index in [1.807, 2.05) is 19.1 Å². The summed E-state index contributed by atoms with van der Waals surface area (Å²) in [5.74, 6) is 0. The molecule has 0 saturated carbocycles. The number of hydrogen-bond donors (Lipinski definition) is 0. The van der Waals surface area contributed by atoms with Gasteiger partial charge in [-0.05, 0) is 54.4 Å². The summed E-state index contributed by atoms with van der Waals surface area (Å²) in [6.07, 6.45) is 0. The fraction of sp³-hybridized carbons (Fsp3) is 0.455. The van der Waals surface area contributed by atoms with Crippen LogP contribution in [0.25, 0.3) is 0 Å². The minimum atomic E-state index is -3.18. The third-order valence-electron chi connectivity index (χ3n) is 2.00. The Hall–Kier alpha value is -0.150. The smallest absolute Gasteiger partial charge is 0.305 e. The van der Waals surface area contributed by atoms with Crippen molar-refractivity contribution in [3.05, 3.63) is 28.2 Å². The molecule has 0 saturated heterocycles. The lowest BCUT2D eigenvalue weighted by Crippen LogP contribution is -2.12. The van der Waals surface area contributed by atoms with Crippen molar-refractivity contribution in [1.29, 1.82) is 0 Å². The van der Waals surface area contributed by atoms with Gasteiger partial charge in [0.1, 0.15) is 0 Å². The van der Waals surface area contributed by atoms with Crippen molar-refractivity contribution in [2.24, 2.45) is 0 Å². The van der Waals surface area contributed by atoms with E-state index in [-0.39, 0.29) is 0 Å². The van der Waals surface area contributed by atoms with Crippen molar-refractivity contribution in [1.82, 2.24) is 0 Å². The highest BCUT2D eigenvalue weighted by Crippen LogP contribution is 2.48. The highest BCUT2D eigenvalue weighted by molar-refractivity contribution is 9.10. The zero-order valence-electron chi connectivity index (χ0n) is 9.70. The highest BCUT2D eigenvalue weighted by atomic mass is 79.9. The van der Waals surface area contributed by atoms with Gasteiger partial charge in [-0.15, -0.1) is 0 Å². The lowest BCUT2D eigenvalue weighted by atomic mass is 10.2. The van der Waals surface area contributed by atoms with Crippen LogP contribution < -0.4 is 5.30 Å². The second kappa shape index (κ2) is 5.97. The molecule has 3 nitrogen and oxygen atoms in total. The number of benzene rings is 1. The van der Waals surface area contributed by atoms with Gasteiger partial charge < -0.3 is 9.05 Å². The zero-order valence-corrected chi connectivity index (χ0v) is 12.2. The Morgan fingerprint density at radius 2 is 1.81 bits per heavy atom. The summed E-state index contributed by atoms with van der Waals surface area (Å²) in [6, 6.07) is 5.58. The average Bonchev–Trinajstić information content (AvgIpc) is 2.17. The van der Waals surface area contributed by atoms with E-state index in [9.17, 15) is 4.57 Å². The van der Waals surface area contributed by atoms with Crippen LogP contribution in [0.3, 0.4) is 0 Å². The zero-order chi connectivity index (χ0) is 12.2. The van der Waals surface area contributed by atoms with Gasteiger partial charge in [0.15, 0.2) is 0 Å². The van der Waals surface area contributed by atoms with E-state index in [0.29, 0.717) is 18.5 Å². The summed E-state index contributed by atoms with van der Waals surface area (Å²) in [7, 11) is -3.18. The van der Waals surface area contributed by atoms with Crippen LogP contribution in [0.1, 0.15) is 19.4 Å². The first-order valence-corrected chi connectivity index (χ1v) is 7.53. The van der Waals surface area contributed by atoms with Crippen molar-refractivity contribution in [3.8, 4) is 0 Å². The predicted molar refractivity (Wildman–Crippen MR) is 69.4 cm³/mol. The number of aryl methyl sites for hydroxylation is 1. The molecule has 0 heterocycles. The lowest BCUT2D eigenvalue weighted by molar-refractivity contribution is 0.230. The summed E-state index contributed by atoms with van der Waals surface area (Å²) in [5, 5.41) is 0.585. The SMILES string of the molecule is CCOP(=O)(OCC)c1ccc(C)cc1Br. The normalized spacial score (nSPS) is 11.8. The van der Waals surface area contributed by atoms with Crippen LogP contribution in [-0.2, 0) is 13.6 Å². The van der Waals surface area contributed by atoms with Gasteiger partial charge >= 0.3 is 7.60 Å². The van der Waals surface area contributed by atoms with Crippen LogP contribution in [-0.4, -0.2) is 13.2 Å². The summed E-state index contributed by atoms with van der Waals surface area (Å²) < 4.78 is 23.8. The van der Waals surface area contributed by atoms with Crippen LogP contribution in [0.15, 0.2) is 22.7 Å². The first-order valence-electron chi connectivity index (χ1n) is 5.19. The van der Waals surface area contributed by atoms with Crippen molar-refractivity contribution in [3.63, 3.8) is 0 Å². The molecule has 0 unspecified atom stereocenters. The Morgan fingerprint density at radius 3 is 2.25 bits per heavy atom. The molecule has 0 aromatic heterocycles. The molecule has 0 amide bonds. The molecule has 0 atom stereocenters. The van der Waals surface area contributed by atoms with Gasteiger partial charge in [0.05, 0.1) is 18.5 Å².